The molecule has 1 saturated carbocycles. The summed E-state index contributed by atoms with van der Waals surface area (Å²) in [4.78, 5) is 20.8. The molecule has 10 heteroatoms. The predicted molar refractivity (Wildman–Crippen MR) is 147 cm³/mol. The van der Waals surface area contributed by atoms with E-state index in [9.17, 15) is 0 Å². The predicted octanol–water partition coefficient (Wildman–Crippen LogP) is 4.11. The van der Waals surface area contributed by atoms with Crippen LogP contribution in [0.15, 0.2) is 42.9 Å². The van der Waals surface area contributed by atoms with Gasteiger partial charge in [0.05, 0.1) is 11.6 Å². The Hall–Kier alpha value is -3.27. The molecule has 1 saturated heterocycles. The Morgan fingerprint density at radius 2 is 1.92 bits per heavy atom. The van der Waals surface area contributed by atoms with Crippen LogP contribution in [0.25, 0.3) is 22.6 Å². The van der Waals surface area contributed by atoms with Gasteiger partial charge in [0.15, 0.2) is 11.2 Å². The van der Waals surface area contributed by atoms with Gasteiger partial charge in [-0.15, -0.1) is 0 Å². The Morgan fingerprint density at radius 1 is 1.08 bits per heavy atom. The summed E-state index contributed by atoms with van der Waals surface area (Å²) in [7, 11) is 0. The van der Waals surface area contributed by atoms with E-state index in [1.165, 1.54) is 0 Å². The number of imidazole rings is 1. The molecule has 0 radical (unpaired) electrons. The van der Waals surface area contributed by atoms with Crippen LogP contribution in [0.2, 0.25) is 5.02 Å². The van der Waals surface area contributed by atoms with Gasteiger partial charge < -0.3 is 19.4 Å². The highest BCUT2D eigenvalue weighted by Gasteiger charge is 2.41. The number of aryl methyl sites for hydroxylation is 1. The van der Waals surface area contributed by atoms with Crippen molar-refractivity contribution in [1.29, 1.82) is 0 Å². The molecule has 2 aliphatic rings. The van der Waals surface area contributed by atoms with Crippen molar-refractivity contribution >= 4 is 22.8 Å². The van der Waals surface area contributed by atoms with Crippen molar-refractivity contribution in [3.8, 4) is 23.0 Å². The van der Waals surface area contributed by atoms with Crippen molar-refractivity contribution in [2.75, 3.05) is 39.3 Å². The summed E-state index contributed by atoms with van der Waals surface area (Å²) in [6.07, 6.45) is 5.37. The number of aromatic nitrogens is 5. The number of ether oxygens (including phenoxy) is 2. The molecule has 0 bridgehead atoms. The molecule has 0 unspecified atom stereocenters. The van der Waals surface area contributed by atoms with Crippen LogP contribution in [0.3, 0.4) is 0 Å². The summed E-state index contributed by atoms with van der Waals surface area (Å²) in [5.41, 5.74) is 4.00. The first-order chi connectivity index (χ1) is 18.5. The second-order valence-electron chi connectivity index (χ2n) is 10.3. The molecule has 3 aromatic heterocycles. The van der Waals surface area contributed by atoms with Gasteiger partial charge in [-0.1, -0.05) is 11.6 Å². The molecule has 38 heavy (non-hydrogen) atoms. The number of rotatable bonds is 9. The first-order valence-corrected chi connectivity index (χ1v) is 13.5. The van der Waals surface area contributed by atoms with Crippen LogP contribution in [0.4, 0.5) is 0 Å². The van der Waals surface area contributed by atoms with Crippen LogP contribution in [-0.4, -0.2) is 74.3 Å². The zero-order chi connectivity index (χ0) is 26.1. The van der Waals surface area contributed by atoms with Crippen molar-refractivity contribution in [3.05, 3.63) is 59.1 Å². The maximum atomic E-state index is 6.85. The second-order valence-corrected chi connectivity index (χ2v) is 10.7. The Bertz CT molecular complexity index is 1450. The van der Waals surface area contributed by atoms with Gasteiger partial charge in [-0.2, -0.15) is 4.98 Å². The lowest BCUT2D eigenvalue weighted by Gasteiger charge is -2.26. The van der Waals surface area contributed by atoms with E-state index >= 15 is 0 Å². The highest BCUT2D eigenvalue weighted by atomic mass is 35.5. The van der Waals surface area contributed by atoms with Gasteiger partial charge in [-0.05, 0) is 62.6 Å². The monoisotopic (exact) mass is 533 g/mol. The van der Waals surface area contributed by atoms with Crippen LogP contribution < -0.4 is 14.8 Å². The van der Waals surface area contributed by atoms with Gasteiger partial charge in [0, 0.05) is 50.2 Å². The number of pyridine rings is 1. The first kappa shape index (κ1) is 25.0. The fraction of sp³-hybridized carbons (Fsp3) is 0.429. The number of hydrogen-bond acceptors (Lipinski definition) is 8. The molecule has 4 heterocycles. The van der Waals surface area contributed by atoms with E-state index in [1.807, 2.05) is 37.4 Å². The number of piperazine rings is 1. The van der Waals surface area contributed by atoms with Gasteiger partial charge >= 0.3 is 0 Å². The van der Waals surface area contributed by atoms with E-state index < -0.39 is 0 Å². The number of hydrogen-bond donors (Lipinski definition) is 1. The molecule has 0 atom stereocenters. The van der Waals surface area contributed by atoms with Crippen LogP contribution in [0.5, 0.6) is 11.6 Å². The maximum Gasteiger partial charge on any atom is 0.245 e. The lowest BCUT2D eigenvalue weighted by molar-refractivity contribution is 0.191. The van der Waals surface area contributed by atoms with E-state index in [-0.39, 0.29) is 5.60 Å². The Kier molecular flexibility index (Phi) is 6.90. The standard InChI is InChI=1S/C28H32ClN7O2/c1-19-15-20(5-8-31-19)17-36-25(34-24-26(36)32-18-33-27(24)38-28(2)6-7-28)22-4-3-21(16-23(22)29)37-14-13-35-11-9-30-10-12-35/h3-5,8,15-16,18,30H,6-7,9-14,17H2,1-2H3. The van der Waals surface area contributed by atoms with Crippen molar-refractivity contribution in [3.63, 3.8) is 0 Å². The SMILES string of the molecule is Cc1cc(Cn2c(-c3ccc(OCCN4CCNCC4)cc3Cl)nc3c(OC4(C)CC4)ncnc32)ccn1. The minimum Gasteiger partial charge on any atom is -0.492 e. The summed E-state index contributed by atoms with van der Waals surface area (Å²) < 4.78 is 14.4. The summed E-state index contributed by atoms with van der Waals surface area (Å²) in [5, 5.41) is 3.94. The van der Waals surface area contributed by atoms with Gasteiger partial charge in [0.1, 0.15) is 30.1 Å². The summed E-state index contributed by atoms with van der Waals surface area (Å²) in [6.45, 7) is 10.3. The van der Waals surface area contributed by atoms with E-state index in [2.05, 4.69) is 42.7 Å². The number of fused-ring (bicyclic) bond motifs is 1. The van der Waals surface area contributed by atoms with Crippen LogP contribution >= 0.6 is 11.6 Å². The van der Waals surface area contributed by atoms with Crippen molar-refractivity contribution in [2.45, 2.75) is 38.8 Å². The van der Waals surface area contributed by atoms with E-state index in [0.29, 0.717) is 41.0 Å². The third-order valence-corrected chi connectivity index (χ3v) is 7.48. The number of nitrogens with zero attached hydrogens (tertiary/aromatic N) is 6. The summed E-state index contributed by atoms with van der Waals surface area (Å²) in [5.74, 6) is 1.95. The molecule has 1 aromatic carbocycles. The third kappa shape index (κ3) is 5.45. The average Bonchev–Trinajstić information content (AvgIpc) is 3.53. The maximum absolute atomic E-state index is 6.85. The van der Waals surface area contributed by atoms with Gasteiger partial charge in [-0.25, -0.2) is 9.97 Å². The Labute approximate surface area is 227 Å². The second kappa shape index (κ2) is 10.5. The van der Waals surface area contributed by atoms with E-state index in [4.69, 9.17) is 26.1 Å². The number of nitrogens with one attached hydrogen (secondary N) is 1. The summed E-state index contributed by atoms with van der Waals surface area (Å²) >= 11 is 6.85. The van der Waals surface area contributed by atoms with Crippen LogP contribution in [0, 0.1) is 6.92 Å². The molecule has 2 fully saturated rings. The molecule has 0 amide bonds. The largest absolute Gasteiger partial charge is 0.492 e. The third-order valence-electron chi connectivity index (χ3n) is 7.16. The topological polar surface area (TPSA) is 90.2 Å². The first-order valence-electron chi connectivity index (χ1n) is 13.1. The average molecular weight is 534 g/mol. The molecule has 198 valence electrons. The minimum absolute atomic E-state index is 0.186. The van der Waals surface area contributed by atoms with Gasteiger partial charge in [0.2, 0.25) is 5.88 Å². The van der Waals surface area contributed by atoms with Crippen molar-refractivity contribution in [2.24, 2.45) is 0 Å². The van der Waals surface area contributed by atoms with E-state index in [0.717, 1.165) is 68.1 Å². The van der Waals surface area contributed by atoms with E-state index in [1.54, 1.807) is 6.33 Å². The van der Waals surface area contributed by atoms with Gasteiger partial charge in [-0.3, -0.25) is 9.88 Å². The van der Waals surface area contributed by atoms with Crippen LogP contribution in [0.1, 0.15) is 31.0 Å². The molecule has 1 aliphatic heterocycles. The molecule has 1 aliphatic carbocycles. The fourth-order valence-corrected chi connectivity index (χ4v) is 4.99. The zero-order valence-corrected chi connectivity index (χ0v) is 22.5. The highest BCUT2D eigenvalue weighted by Crippen LogP contribution is 2.41. The van der Waals surface area contributed by atoms with Gasteiger partial charge in [0.25, 0.3) is 0 Å². The molecule has 4 aromatic rings. The molecule has 1 N–H and O–H groups in total. The molecule has 9 nitrogen and oxygen atoms in total. The Balaban J connectivity index is 1.32. The van der Waals surface area contributed by atoms with Crippen molar-refractivity contribution in [1.82, 2.24) is 34.7 Å². The zero-order valence-electron chi connectivity index (χ0n) is 21.8. The fourth-order valence-electron chi connectivity index (χ4n) is 4.74. The van der Waals surface area contributed by atoms with Crippen LogP contribution in [-0.2, 0) is 6.54 Å². The normalized spacial score (nSPS) is 17.0. The molecular formula is C28H32ClN7O2. The quantitative estimate of drug-likeness (QED) is 0.344. The lowest BCUT2D eigenvalue weighted by Crippen LogP contribution is -2.44. The minimum atomic E-state index is -0.186. The number of benzene rings is 1. The Morgan fingerprint density at radius 3 is 2.68 bits per heavy atom. The summed E-state index contributed by atoms with van der Waals surface area (Å²) in [6, 6.07) is 9.85. The number of halogens is 1. The smallest absolute Gasteiger partial charge is 0.245 e. The van der Waals surface area contributed by atoms with Crippen molar-refractivity contribution < 1.29 is 9.47 Å². The molecule has 6 rings (SSSR count). The molecular weight excluding hydrogens is 502 g/mol. The molecule has 0 spiro atoms. The lowest BCUT2D eigenvalue weighted by atomic mass is 10.2. The highest BCUT2D eigenvalue weighted by molar-refractivity contribution is 6.33.